The van der Waals surface area contributed by atoms with Gasteiger partial charge in [-0.3, -0.25) is 0 Å². The summed E-state index contributed by atoms with van der Waals surface area (Å²) in [4.78, 5) is 0. The van der Waals surface area contributed by atoms with Crippen LogP contribution >= 0.6 is 0 Å². The minimum Gasteiger partial charge on any atom is -0.680 e. The average Bonchev–Trinajstić information content (AvgIpc) is 1.94. The van der Waals surface area contributed by atoms with E-state index in [1.54, 1.807) is 0 Å². The van der Waals surface area contributed by atoms with Crippen molar-refractivity contribution in [3.8, 4) is 0 Å². The molecule has 0 atom stereocenters. The van der Waals surface area contributed by atoms with Gasteiger partial charge >= 0.3 is 19.8 Å². The van der Waals surface area contributed by atoms with Crippen molar-refractivity contribution in [1.82, 2.24) is 0 Å². The van der Waals surface area contributed by atoms with Crippen molar-refractivity contribution in [2.24, 2.45) is 0 Å². The zero-order valence-electron chi connectivity index (χ0n) is 6.16. The maximum atomic E-state index is 5.75. The van der Waals surface area contributed by atoms with Crippen molar-refractivity contribution in [3.63, 3.8) is 0 Å². The SMILES string of the molecule is C[NH-].Cc1cc[c-]cc1.[Os+2]. The first kappa shape index (κ1) is 12.5. The van der Waals surface area contributed by atoms with Crippen LogP contribution in [0.2, 0.25) is 0 Å². The molecule has 0 aliphatic heterocycles. The van der Waals surface area contributed by atoms with Gasteiger partial charge in [-0.25, -0.2) is 0 Å². The van der Waals surface area contributed by atoms with E-state index in [2.05, 4.69) is 13.0 Å². The summed E-state index contributed by atoms with van der Waals surface area (Å²) < 4.78 is 0. The van der Waals surface area contributed by atoms with Gasteiger partial charge in [0.15, 0.2) is 0 Å². The molecule has 0 aromatic heterocycles. The van der Waals surface area contributed by atoms with Crippen LogP contribution in [0.4, 0.5) is 0 Å². The van der Waals surface area contributed by atoms with E-state index in [1.165, 1.54) is 12.6 Å². The Labute approximate surface area is 75.7 Å². The van der Waals surface area contributed by atoms with Gasteiger partial charge in [0, 0.05) is 0 Å². The van der Waals surface area contributed by atoms with Gasteiger partial charge in [-0.1, -0.05) is 6.92 Å². The Morgan fingerprint density at radius 2 is 1.60 bits per heavy atom. The molecule has 0 bridgehead atoms. The second kappa shape index (κ2) is 8.82. The molecule has 1 N–H and O–H groups in total. The molecular weight excluding hydrogens is 300 g/mol. The maximum Gasteiger partial charge on any atom is 2.00 e. The summed E-state index contributed by atoms with van der Waals surface area (Å²) in [5, 5.41) is 0. The zero-order chi connectivity index (χ0) is 7.11. The molecule has 0 amide bonds. The Bertz CT molecular complexity index is 139. The summed E-state index contributed by atoms with van der Waals surface area (Å²) in [7, 11) is 1.25. The summed E-state index contributed by atoms with van der Waals surface area (Å²) in [6.07, 6.45) is 0. The number of hydrogen-bond donors (Lipinski definition) is 0. The summed E-state index contributed by atoms with van der Waals surface area (Å²) >= 11 is 0. The van der Waals surface area contributed by atoms with E-state index >= 15 is 0 Å². The maximum absolute atomic E-state index is 5.75. The molecule has 0 aliphatic carbocycles. The molecule has 1 aromatic carbocycles. The van der Waals surface area contributed by atoms with Gasteiger partial charge in [-0.2, -0.15) is 42.9 Å². The van der Waals surface area contributed by atoms with Crippen molar-refractivity contribution >= 4 is 0 Å². The molecule has 2 heteroatoms. The Kier molecular flexibility index (Phi) is 11.0. The number of rotatable bonds is 0. The number of benzene rings is 1. The van der Waals surface area contributed by atoms with Crippen LogP contribution in [0, 0.1) is 13.0 Å². The molecule has 0 aliphatic rings. The number of nitrogens with one attached hydrogen (secondary N) is 1. The Morgan fingerprint density at radius 1 is 1.20 bits per heavy atom. The van der Waals surface area contributed by atoms with Gasteiger partial charge < -0.3 is 5.73 Å². The number of aryl methyl sites for hydroxylation is 1. The molecule has 0 spiro atoms. The molecule has 0 unspecified atom stereocenters. The first-order chi connectivity index (χ1) is 4.39. The van der Waals surface area contributed by atoms with Crippen LogP contribution in [0.5, 0.6) is 0 Å². The molecule has 1 aromatic rings. The Balaban J connectivity index is 0. The predicted octanol–water partition coefficient (Wildman–Crippen LogP) is 2.46. The van der Waals surface area contributed by atoms with E-state index in [4.69, 9.17) is 5.73 Å². The van der Waals surface area contributed by atoms with Crippen molar-refractivity contribution in [3.05, 3.63) is 41.6 Å². The van der Waals surface area contributed by atoms with E-state index in [0.717, 1.165) is 0 Å². The Hall–Kier alpha value is -0.184. The molecular formula is C8H11NOs. The van der Waals surface area contributed by atoms with Gasteiger partial charge in [0.05, 0.1) is 0 Å². The topological polar surface area (TPSA) is 23.8 Å². The third kappa shape index (κ3) is 5.94. The summed E-state index contributed by atoms with van der Waals surface area (Å²) in [6, 6.07) is 10.8. The van der Waals surface area contributed by atoms with Gasteiger partial charge in [0.2, 0.25) is 0 Å². The standard InChI is InChI=1S/C7H7.CH4N.Os/c1-7-5-3-2-4-6-7;1-2;/h3-6H,1H3;2H,1H3;/q2*-1;+2. The Morgan fingerprint density at radius 3 is 1.80 bits per heavy atom. The first-order valence-electron chi connectivity index (χ1n) is 2.82. The van der Waals surface area contributed by atoms with E-state index in [0.29, 0.717) is 0 Å². The smallest absolute Gasteiger partial charge is 0.680 e. The second-order valence-corrected chi connectivity index (χ2v) is 1.58. The van der Waals surface area contributed by atoms with Crippen molar-refractivity contribution in [1.29, 1.82) is 0 Å². The molecule has 1 nitrogen and oxygen atoms in total. The van der Waals surface area contributed by atoms with Gasteiger partial charge in [-0.05, 0) is 0 Å². The zero-order valence-corrected chi connectivity index (χ0v) is 8.70. The fraction of sp³-hybridized carbons (Fsp3) is 0.250. The van der Waals surface area contributed by atoms with Crippen molar-refractivity contribution in [2.75, 3.05) is 7.05 Å². The average molecular weight is 311 g/mol. The summed E-state index contributed by atoms with van der Waals surface area (Å²) in [6.45, 7) is 2.06. The minimum atomic E-state index is 0. The molecule has 0 radical (unpaired) electrons. The van der Waals surface area contributed by atoms with Crippen LogP contribution in [0.15, 0.2) is 24.3 Å². The van der Waals surface area contributed by atoms with Crippen molar-refractivity contribution < 1.29 is 19.8 Å². The summed E-state index contributed by atoms with van der Waals surface area (Å²) in [5.74, 6) is 0. The van der Waals surface area contributed by atoms with E-state index in [-0.39, 0.29) is 19.8 Å². The third-order valence-corrected chi connectivity index (χ3v) is 0.885. The largest absolute Gasteiger partial charge is 2.00 e. The first-order valence-corrected chi connectivity index (χ1v) is 2.82. The van der Waals surface area contributed by atoms with Crippen molar-refractivity contribution in [2.45, 2.75) is 6.92 Å². The quantitative estimate of drug-likeness (QED) is 0.657. The number of hydrogen-bond acceptors (Lipinski definition) is 0. The predicted molar refractivity (Wildman–Crippen MR) is 40.3 cm³/mol. The molecule has 0 saturated heterocycles. The second-order valence-electron chi connectivity index (χ2n) is 1.58. The molecule has 56 valence electrons. The van der Waals surface area contributed by atoms with Crippen LogP contribution in [0.1, 0.15) is 5.56 Å². The molecule has 0 heterocycles. The third-order valence-electron chi connectivity index (χ3n) is 0.885. The van der Waals surface area contributed by atoms with E-state index in [9.17, 15) is 0 Å². The van der Waals surface area contributed by atoms with E-state index < -0.39 is 0 Å². The molecule has 0 fully saturated rings. The molecule has 1 rings (SSSR count). The van der Waals surface area contributed by atoms with Crippen LogP contribution in [0.3, 0.4) is 0 Å². The van der Waals surface area contributed by atoms with Gasteiger partial charge in [-0.15, -0.1) is 0 Å². The monoisotopic (exact) mass is 313 g/mol. The van der Waals surface area contributed by atoms with Crippen LogP contribution < -0.4 is 0 Å². The normalized spacial score (nSPS) is 6.70. The molecule has 10 heavy (non-hydrogen) atoms. The fourth-order valence-corrected chi connectivity index (χ4v) is 0.470. The minimum absolute atomic E-state index is 0. The fourth-order valence-electron chi connectivity index (χ4n) is 0.470. The van der Waals surface area contributed by atoms with Gasteiger partial charge in [0.25, 0.3) is 0 Å². The molecule has 0 saturated carbocycles. The van der Waals surface area contributed by atoms with Crippen LogP contribution in [0.25, 0.3) is 5.73 Å². The van der Waals surface area contributed by atoms with Crippen LogP contribution in [-0.4, -0.2) is 7.05 Å². The van der Waals surface area contributed by atoms with Crippen LogP contribution in [-0.2, 0) is 19.8 Å². The summed E-state index contributed by atoms with van der Waals surface area (Å²) in [5.41, 5.74) is 7.04. The van der Waals surface area contributed by atoms with E-state index in [1.807, 2.05) is 24.3 Å². The van der Waals surface area contributed by atoms with Gasteiger partial charge in [0.1, 0.15) is 0 Å².